The van der Waals surface area contributed by atoms with Crippen LogP contribution in [0.25, 0.3) is 0 Å². The zero-order valence-corrected chi connectivity index (χ0v) is 14.6. The normalized spacial score (nSPS) is 10.7. The molecule has 24 heavy (non-hydrogen) atoms. The molecule has 0 fully saturated rings. The van der Waals surface area contributed by atoms with Gasteiger partial charge in [0.25, 0.3) is 0 Å². The van der Waals surface area contributed by atoms with Crippen molar-refractivity contribution in [1.82, 2.24) is 5.32 Å². The third-order valence-corrected chi connectivity index (χ3v) is 3.89. The Labute approximate surface area is 144 Å². The second-order valence-electron chi connectivity index (χ2n) is 6.03. The Hall–Kier alpha value is -2.33. The summed E-state index contributed by atoms with van der Waals surface area (Å²) in [5.41, 5.74) is 3.15. The molecule has 2 N–H and O–H groups in total. The molecule has 0 bridgehead atoms. The Balaban J connectivity index is 1.80. The Morgan fingerprint density at radius 1 is 1.08 bits per heavy atom. The first-order valence-corrected chi connectivity index (χ1v) is 8.33. The minimum atomic E-state index is 0.0237. The van der Waals surface area contributed by atoms with Crippen molar-refractivity contribution in [2.75, 3.05) is 19.0 Å². The average molecular weight is 326 g/mol. The average Bonchev–Trinajstić information content (AvgIpc) is 2.59. The number of benzene rings is 2. The van der Waals surface area contributed by atoms with Crippen molar-refractivity contribution < 1.29 is 9.53 Å². The number of anilines is 1. The van der Waals surface area contributed by atoms with Gasteiger partial charge in [-0.25, -0.2) is 0 Å². The molecular formula is C20H26N2O2. The van der Waals surface area contributed by atoms with E-state index in [-0.39, 0.29) is 5.91 Å². The lowest BCUT2D eigenvalue weighted by Crippen LogP contribution is -2.22. The number of amides is 1. The predicted octanol–water partition coefficient (Wildman–Crippen LogP) is 3.94. The summed E-state index contributed by atoms with van der Waals surface area (Å²) in [7, 11) is 1.67. The lowest BCUT2D eigenvalue weighted by Gasteiger charge is -2.14. The SMILES string of the molecule is COc1ccccc1CNCCC(=O)Nc1ccccc1C(C)C. The molecule has 0 saturated heterocycles. The van der Waals surface area contributed by atoms with Crippen LogP contribution in [0.15, 0.2) is 48.5 Å². The topological polar surface area (TPSA) is 50.4 Å². The highest BCUT2D eigenvalue weighted by Crippen LogP contribution is 2.23. The molecule has 4 nitrogen and oxygen atoms in total. The van der Waals surface area contributed by atoms with E-state index < -0.39 is 0 Å². The van der Waals surface area contributed by atoms with Crippen LogP contribution in [-0.4, -0.2) is 19.6 Å². The fourth-order valence-electron chi connectivity index (χ4n) is 2.60. The molecule has 0 aliphatic carbocycles. The third kappa shape index (κ3) is 5.10. The minimum absolute atomic E-state index is 0.0237. The molecule has 0 atom stereocenters. The molecule has 0 heterocycles. The summed E-state index contributed by atoms with van der Waals surface area (Å²) < 4.78 is 5.32. The van der Waals surface area contributed by atoms with E-state index in [1.165, 1.54) is 0 Å². The Bertz CT molecular complexity index is 668. The van der Waals surface area contributed by atoms with Crippen molar-refractivity contribution >= 4 is 11.6 Å². The summed E-state index contributed by atoms with van der Waals surface area (Å²) in [5.74, 6) is 1.26. The summed E-state index contributed by atoms with van der Waals surface area (Å²) in [6, 6.07) is 15.8. The molecule has 128 valence electrons. The second-order valence-corrected chi connectivity index (χ2v) is 6.03. The number of carbonyl (C=O) groups excluding carboxylic acids is 1. The monoisotopic (exact) mass is 326 g/mol. The maximum Gasteiger partial charge on any atom is 0.225 e. The van der Waals surface area contributed by atoms with Gasteiger partial charge in [-0.05, 0) is 23.6 Å². The van der Waals surface area contributed by atoms with Gasteiger partial charge in [-0.3, -0.25) is 4.79 Å². The van der Waals surface area contributed by atoms with E-state index in [1.807, 2.05) is 42.5 Å². The molecule has 4 heteroatoms. The molecule has 1 amide bonds. The summed E-state index contributed by atoms with van der Waals surface area (Å²) in [6.07, 6.45) is 0.432. The van der Waals surface area contributed by atoms with Crippen molar-refractivity contribution in [3.8, 4) is 5.75 Å². The van der Waals surface area contributed by atoms with Gasteiger partial charge < -0.3 is 15.4 Å². The zero-order chi connectivity index (χ0) is 17.4. The van der Waals surface area contributed by atoms with Crippen LogP contribution in [0.5, 0.6) is 5.75 Å². The highest BCUT2D eigenvalue weighted by atomic mass is 16.5. The maximum absolute atomic E-state index is 12.1. The number of para-hydroxylation sites is 2. The van der Waals surface area contributed by atoms with Gasteiger partial charge in [-0.2, -0.15) is 0 Å². The Morgan fingerprint density at radius 2 is 1.79 bits per heavy atom. The van der Waals surface area contributed by atoms with Gasteiger partial charge in [0.1, 0.15) is 5.75 Å². The minimum Gasteiger partial charge on any atom is -0.496 e. The van der Waals surface area contributed by atoms with Crippen LogP contribution in [0.1, 0.15) is 37.3 Å². The third-order valence-electron chi connectivity index (χ3n) is 3.89. The number of carbonyl (C=O) groups is 1. The summed E-state index contributed by atoms with van der Waals surface area (Å²) >= 11 is 0. The quantitative estimate of drug-likeness (QED) is 0.723. The van der Waals surface area contributed by atoms with Gasteiger partial charge in [0, 0.05) is 30.8 Å². The van der Waals surface area contributed by atoms with Gasteiger partial charge in [-0.1, -0.05) is 50.2 Å². The van der Waals surface area contributed by atoms with Crippen LogP contribution in [0.2, 0.25) is 0 Å². The van der Waals surface area contributed by atoms with E-state index in [9.17, 15) is 4.79 Å². The first-order chi connectivity index (χ1) is 11.6. The molecule has 0 saturated carbocycles. The van der Waals surface area contributed by atoms with Gasteiger partial charge in [0.15, 0.2) is 0 Å². The molecular weight excluding hydrogens is 300 g/mol. The van der Waals surface area contributed by atoms with E-state index in [2.05, 4.69) is 30.5 Å². The fraction of sp³-hybridized carbons (Fsp3) is 0.350. The molecule has 0 spiro atoms. The number of ether oxygens (including phenoxy) is 1. The zero-order valence-electron chi connectivity index (χ0n) is 14.6. The van der Waals surface area contributed by atoms with Crippen molar-refractivity contribution in [2.45, 2.75) is 32.7 Å². The van der Waals surface area contributed by atoms with Crippen LogP contribution in [0.3, 0.4) is 0 Å². The lowest BCUT2D eigenvalue weighted by molar-refractivity contribution is -0.116. The summed E-state index contributed by atoms with van der Waals surface area (Å²) in [6.45, 7) is 5.55. The number of hydrogen-bond acceptors (Lipinski definition) is 3. The molecule has 2 aromatic carbocycles. The number of rotatable bonds is 8. The lowest BCUT2D eigenvalue weighted by atomic mass is 10.0. The van der Waals surface area contributed by atoms with E-state index in [0.717, 1.165) is 22.6 Å². The highest BCUT2D eigenvalue weighted by molar-refractivity contribution is 5.91. The highest BCUT2D eigenvalue weighted by Gasteiger charge is 2.09. The van der Waals surface area contributed by atoms with Crippen LogP contribution < -0.4 is 15.4 Å². The molecule has 0 radical (unpaired) electrons. The van der Waals surface area contributed by atoms with E-state index >= 15 is 0 Å². The maximum atomic E-state index is 12.1. The fourth-order valence-corrected chi connectivity index (χ4v) is 2.60. The molecule has 0 unspecified atom stereocenters. The number of nitrogens with one attached hydrogen (secondary N) is 2. The molecule has 0 aliphatic rings. The largest absolute Gasteiger partial charge is 0.496 e. The standard InChI is InChI=1S/C20H26N2O2/c1-15(2)17-9-5-6-10-18(17)22-20(23)12-13-21-14-16-8-4-7-11-19(16)24-3/h4-11,15,21H,12-14H2,1-3H3,(H,22,23). The number of methoxy groups -OCH3 is 1. The van der Waals surface area contributed by atoms with Gasteiger partial charge in [0.05, 0.1) is 7.11 Å². The van der Waals surface area contributed by atoms with Crippen LogP contribution >= 0.6 is 0 Å². The summed E-state index contributed by atoms with van der Waals surface area (Å²) in [4.78, 5) is 12.1. The smallest absolute Gasteiger partial charge is 0.225 e. The predicted molar refractivity (Wildman–Crippen MR) is 98.5 cm³/mol. The van der Waals surface area contributed by atoms with Crippen molar-refractivity contribution in [3.05, 3.63) is 59.7 Å². The van der Waals surface area contributed by atoms with E-state index in [4.69, 9.17) is 4.74 Å². The molecule has 0 aromatic heterocycles. The van der Waals surface area contributed by atoms with Crippen LogP contribution in [-0.2, 0) is 11.3 Å². The molecule has 0 aliphatic heterocycles. The Morgan fingerprint density at radius 3 is 2.54 bits per heavy atom. The Kier molecular flexibility index (Phi) is 6.82. The van der Waals surface area contributed by atoms with Gasteiger partial charge >= 0.3 is 0 Å². The number of hydrogen-bond donors (Lipinski definition) is 2. The van der Waals surface area contributed by atoms with E-state index in [0.29, 0.717) is 25.4 Å². The second kappa shape index (κ2) is 9.08. The van der Waals surface area contributed by atoms with Gasteiger partial charge in [-0.15, -0.1) is 0 Å². The summed E-state index contributed by atoms with van der Waals surface area (Å²) in [5, 5.41) is 6.30. The van der Waals surface area contributed by atoms with E-state index in [1.54, 1.807) is 7.11 Å². The molecule has 2 rings (SSSR count). The van der Waals surface area contributed by atoms with Crippen LogP contribution in [0, 0.1) is 0 Å². The molecule has 2 aromatic rings. The van der Waals surface area contributed by atoms with Gasteiger partial charge in [0.2, 0.25) is 5.91 Å². The van der Waals surface area contributed by atoms with Crippen molar-refractivity contribution in [3.63, 3.8) is 0 Å². The first kappa shape index (κ1) is 18.0. The van der Waals surface area contributed by atoms with Crippen molar-refractivity contribution in [2.24, 2.45) is 0 Å². The van der Waals surface area contributed by atoms with Crippen molar-refractivity contribution in [1.29, 1.82) is 0 Å². The first-order valence-electron chi connectivity index (χ1n) is 8.33. The van der Waals surface area contributed by atoms with Crippen LogP contribution in [0.4, 0.5) is 5.69 Å².